The molecule has 1 aromatic heterocycles. The maximum atomic E-state index is 12.8. The second-order valence-electron chi connectivity index (χ2n) is 8.38. The number of esters is 1. The van der Waals surface area contributed by atoms with Crippen LogP contribution in [0.5, 0.6) is 17.2 Å². The van der Waals surface area contributed by atoms with Crippen molar-refractivity contribution in [3.8, 4) is 17.2 Å². The van der Waals surface area contributed by atoms with Crippen molar-refractivity contribution in [2.24, 2.45) is 7.05 Å². The Bertz CT molecular complexity index is 1280. The normalized spacial score (nSPS) is 11.4. The number of nitrogens with one attached hydrogen (secondary N) is 2. The smallest absolute Gasteiger partial charge is 0.319 e. The third kappa shape index (κ3) is 6.65. The summed E-state index contributed by atoms with van der Waals surface area (Å²) in [6.07, 6.45) is 1.71. The molecule has 0 aliphatic carbocycles. The molecular weight excluding hydrogens is 462 g/mol. The van der Waals surface area contributed by atoms with Gasteiger partial charge in [0.1, 0.15) is 17.2 Å². The Morgan fingerprint density at radius 3 is 2.47 bits per heavy atom. The molecule has 9 nitrogen and oxygen atoms in total. The van der Waals surface area contributed by atoms with Crippen molar-refractivity contribution in [2.75, 3.05) is 11.9 Å². The first-order valence-corrected chi connectivity index (χ1v) is 11.6. The zero-order valence-corrected chi connectivity index (χ0v) is 20.8. The number of para-hydroxylation sites is 1. The van der Waals surface area contributed by atoms with Crippen LogP contribution in [0.4, 0.5) is 10.5 Å². The topological polar surface area (TPSA) is 119 Å². The van der Waals surface area contributed by atoms with Gasteiger partial charge in [-0.15, -0.1) is 0 Å². The molecule has 0 aliphatic rings. The summed E-state index contributed by atoms with van der Waals surface area (Å²) < 4.78 is 12.4. The third-order valence-electron chi connectivity index (χ3n) is 5.62. The van der Waals surface area contributed by atoms with Crippen LogP contribution in [-0.2, 0) is 16.6 Å². The number of carbonyl (C=O) groups is 2. The Labute approximate surface area is 209 Å². The van der Waals surface area contributed by atoms with Crippen LogP contribution >= 0.6 is 0 Å². The number of carbonyl (C=O) groups excluding carboxylic acids is 2. The number of urea groups is 1. The highest BCUT2D eigenvalue weighted by molar-refractivity contribution is 5.90. The molecule has 1 atom stereocenters. The Hall–Kier alpha value is -4.27. The van der Waals surface area contributed by atoms with E-state index in [4.69, 9.17) is 9.47 Å². The molecule has 0 fully saturated rings. The van der Waals surface area contributed by atoms with E-state index in [9.17, 15) is 19.5 Å². The molecule has 0 unspecified atom stereocenters. The van der Waals surface area contributed by atoms with E-state index >= 15 is 0 Å². The van der Waals surface area contributed by atoms with Crippen LogP contribution in [-0.4, -0.2) is 28.3 Å². The molecular formula is C27H31N3O6. The van der Waals surface area contributed by atoms with Crippen molar-refractivity contribution in [1.29, 1.82) is 0 Å². The van der Waals surface area contributed by atoms with Crippen molar-refractivity contribution >= 4 is 17.7 Å². The number of aromatic hydroxyl groups is 1. The van der Waals surface area contributed by atoms with Gasteiger partial charge >= 0.3 is 12.0 Å². The van der Waals surface area contributed by atoms with E-state index in [1.54, 1.807) is 19.1 Å². The lowest BCUT2D eigenvalue weighted by Crippen LogP contribution is -2.35. The zero-order chi connectivity index (χ0) is 26.2. The van der Waals surface area contributed by atoms with Crippen molar-refractivity contribution in [1.82, 2.24) is 9.88 Å². The largest absolute Gasteiger partial charge is 0.505 e. The average Bonchev–Trinajstić information content (AvgIpc) is 2.84. The molecule has 2 amide bonds. The monoisotopic (exact) mass is 493 g/mol. The van der Waals surface area contributed by atoms with Crippen LogP contribution in [0.1, 0.15) is 42.5 Å². The van der Waals surface area contributed by atoms with Gasteiger partial charge in [0, 0.05) is 19.7 Å². The van der Waals surface area contributed by atoms with Crippen molar-refractivity contribution < 1.29 is 24.2 Å². The summed E-state index contributed by atoms with van der Waals surface area (Å²) in [6, 6.07) is 13.1. The molecule has 1 heterocycles. The zero-order valence-electron chi connectivity index (χ0n) is 20.8. The number of amides is 2. The maximum absolute atomic E-state index is 12.8. The van der Waals surface area contributed by atoms with Crippen LogP contribution in [0.2, 0.25) is 0 Å². The lowest BCUT2D eigenvalue weighted by atomic mass is 10.0. The number of ether oxygens (including phenoxy) is 2. The predicted molar refractivity (Wildman–Crippen MR) is 137 cm³/mol. The SMILES string of the molecule is CCOC(=O)CC[C@H](NC(=O)Nc1c(O)ccn(C)c1=O)c1cccc(Oc2c(C)cccc2C)c1. The summed E-state index contributed by atoms with van der Waals surface area (Å²) in [5.74, 6) is 0.587. The predicted octanol–water partition coefficient (Wildman–Crippen LogP) is 4.71. The first-order valence-electron chi connectivity index (χ1n) is 11.6. The van der Waals surface area contributed by atoms with Gasteiger partial charge in [-0.1, -0.05) is 30.3 Å². The molecule has 3 N–H and O–H groups in total. The van der Waals surface area contributed by atoms with E-state index in [0.29, 0.717) is 11.3 Å². The molecule has 0 bridgehead atoms. The van der Waals surface area contributed by atoms with Crippen molar-refractivity contribution in [3.63, 3.8) is 0 Å². The summed E-state index contributed by atoms with van der Waals surface area (Å²) >= 11 is 0. The lowest BCUT2D eigenvalue weighted by molar-refractivity contribution is -0.143. The van der Waals surface area contributed by atoms with Crippen LogP contribution in [0, 0.1) is 13.8 Å². The highest BCUT2D eigenvalue weighted by Gasteiger charge is 2.20. The van der Waals surface area contributed by atoms with E-state index < -0.39 is 17.6 Å². The molecule has 0 saturated heterocycles. The van der Waals surface area contributed by atoms with Gasteiger partial charge in [0.2, 0.25) is 0 Å². The first-order chi connectivity index (χ1) is 17.2. The summed E-state index contributed by atoms with van der Waals surface area (Å²) in [5.41, 5.74) is 1.87. The Balaban J connectivity index is 1.85. The van der Waals surface area contributed by atoms with E-state index in [2.05, 4.69) is 10.6 Å². The second-order valence-corrected chi connectivity index (χ2v) is 8.38. The number of hydrogen-bond donors (Lipinski definition) is 3. The molecule has 0 spiro atoms. The van der Waals surface area contributed by atoms with Crippen molar-refractivity contribution in [2.45, 2.75) is 39.7 Å². The standard InChI is InChI=1S/C27H31N3O6/c1-5-35-23(32)13-12-21(28-27(34)29-24-22(31)14-15-30(4)26(24)33)19-10-7-11-20(16-19)36-25-17(2)8-6-9-18(25)3/h6-11,14-16,21,31H,5,12-13H2,1-4H3,(H2,28,29,34)/t21-/m0/s1. The number of rotatable bonds is 9. The Morgan fingerprint density at radius 1 is 1.08 bits per heavy atom. The van der Waals surface area contributed by atoms with Gasteiger partial charge in [-0.25, -0.2) is 4.79 Å². The molecule has 9 heteroatoms. The van der Waals surface area contributed by atoms with Gasteiger partial charge < -0.3 is 29.8 Å². The molecule has 0 radical (unpaired) electrons. The van der Waals surface area contributed by atoms with Gasteiger partial charge in [-0.05, 0) is 62.1 Å². The third-order valence-corrected chi connectivity index (χ3v) is 5.62. The van der Waals surface area contributed by atoms with E-state index in [0.717, 1.165) is 16.9 Å². The van der Waals surface area contributed by atoms with Gasteiger partial charge in [-0.2, -0.15) is 0 Å². The number of aromatic nitrogens is 1. The highest BCUT2D eigenvalue weighted by atomic mass is 16.5. The minimum Gasteiger partial charge on any atom is -0.505 e. The summed E-state index contributed by atoms with van der Waals surface area (Å²) in [6.45, 7) is 5.91. The number of aryl methyl sites for hydroxylation is 3. The maximum Gasteiger partial charge on any atom is 0.319 e. The van der Waals surface area contributed by atoms with E-state index in [1.165, 1.54) is 23.9 Å². The second kappa shape index (κ2) is 11.9. The fraction of sp³-hybridized carbons (Fsp3) is 0.296. The van der Waals surface area contributed by atoms with Gasteiger partial charge in [0.05, 0.1) is 12.6 Å². The summed E-state index contributed by atoms with van der Waals surface area (Å²) in [4.78, 5) is 37.2. The lowest BCUT2D eigenvalue weighted by Gasteiger charge is -2.21. The minimum absolute atomic E-state index is 0.0686. The number of hydrogen-bond acceptors (Lipinski definition) is 6. The van der Waals surface area contributed by atoms with Crippen LogP contribution in [0.25, 0.3) is 0 Å². The fourth-order valence-electron chi connectivity index (χ4n) is 3.74. The quantitative estimate of drug-likeness (QED) is 0.372. The molecule has 36 heavy (non-hydrogen) atoms. The average molecular weight is 494 g/mol. The van der Waals surface area contributed by atoms with Gasteiger partial charge in [0.15, 0.2) is 5.69 Å². The van der Waals surface area contributed by atoms with Crippen molar-refractivity contribution in [3.05, 3.63) is 81.8 Å². The van der Waals surface area contributed by atoms with Crippen LogP contribution in [0.15, 0.2) is 59.5 Å². The fourth-order valence-corrected chi connectivity index (χ4v) is 3.74. The first kappa shape index (κ1) is 26.3. The Morgan fingerprint density at radius 2 is 1.78 bits per heavy atom. The molecule has 0 aliphatic heterocycles. The van der Waals surface area contributed by atoms with E-state index in [1.807, 2.05) is 44.2 Å². The minimum atomic E-state index is -0.705. The van der Waals surface area contributed by atoms with Crippen LogP contribution in [0.3, 0.4) is 0 Å². The number of benzene rings is 2. The van der Waals surface area contributed by atoms with Gasteiger partial charge in [-0.3, -0.25) is 9.59 Å². The number of pyridine rings is 1. The number of anilines is 1. The van der Waals surface area contributed by atoms with Crippen LogP contribution < -0.4 is 20.9 Å². The Kier molecular flexibility index (Phi) is 8.72. The highest BCUT2D eigenvalue weighted by Crippen LogP contribution is 2.31. The van der Waals surface area contributed by atoms with E-state index in [-0.39, 0.29) is 36.9 Å². The molecule has 0 saturated carbocycles. The summed E-state index contributed by atoms with van der Waals surface area (Å²) in [5, 5.41) is 15.3. The number of nitrogens with zero attached hydrogens (tertiary/aromatic N) is 1. The molecule has 3 aromatic rings. The molecule has 190 valence electrons. The molecule has 3 rings (SSSR count). The molecule has 2 aromatic carbocycles. The van der Waals surface area contributed by atoms with Gasteiger partial charge in [0.25, 0.3) is 5.56 Å². The summed E-state index contributed by atoms with van der Waals surface area (Å²) in [7, 11) is 1.51.